The fourth-order valence-electron chi connectivity index (χ4n) is 2.37. The van der Waals surface area contributed by atoms with Crippen LogP contribution in [-0.4, -0.2) is 44.9 Å². The van der Waals surface area contributed by atoms with Gasteiger partial charge in [-0.1, -0.05) is 18.2 Å². The predicted octanol–water partition coefficient (Wildman–Crippen LogP) is 0.00822. The lowest BCUT2D eigenvalue weighted by Gasteiger charge is -2.15. The van der Waals surface area contributed by atoms with Crippen LogP contribution < -0.4 is 27.8 Å². The Labute approximate surface area is 163 Å². The van der Waals surface area contributed by atoms with Crippen molar-refractivity contribution in [2.75, 3.05) is 21.1 Å². The molecule has 0 aliphatic heterocycles. The van der Waals surface area contributed by atoms with Crippen LogP contribution in [0.25, 0.3) is 10.1 Å². The van der Waals surface area contributed by atoms with Crippen molar-refractivity contribution in [2.24, 2.45) is 17.2 Å². The molecule has 0 aliphatic rings. The number of carbonyl (C=O) groups excluding carboxylic acids is 3. The first-order chi connectivity index (χ1) is 12.9. The first-order valence-corrected chi connectivity index (χ1v) is 9.15. The summed E-state index contributed by atoms with van der Waals surface area (Å²) in [6, 6.07) is 6.99. The van der Waals surface area contributed by atoms with Gasteiger partial charge in [0.15, 0.2) is 0 Å². The Hall–Kier alpha value is -2.49. The van der Waals surface area contributed by atoms with Crippen molar-refractivity contribution in [3.63, 3.8) is 0 Å². The minimum atomic E-state index is -0.945. The van der Waals surface area contributed by atoms with E-state index >= 15 is 0 Å². The molecule has 9 heteroatoms. The Balaban J connectivity index is 0.00000158. The molecule has 27 heavy (non-hydrogen) atoms. The number of nitrogens with one attached hydrogen (secondary N) is 2. The van der Waals surface area contributed by atoms with E-state index in [-0.39, 0.29) is 18.7 Å². The van der Waals surface area contributed by atoms with E-state index < -0.39 is 17.9 Å². The predicted molar refractivity (Wildman–Crippen MR) is 110 cm³/mol. The number of aryl methyl sites for hydroxylation is 1. The van der Waals surface area contributed by atoms with Crippen LogP contribution >= 0.6 is 11.3 Å². The van der Waals surface area contributed by atoms with E-state index in [2.05, 4.69) is 22.1 Å². The highest BCUT2D eigenvalue weighted by Crippen LogP contribution is 2.30. The number of primary amides is 1. The number of benzene rings is 1. The molecule has 0 radical (unpaired) electrons. The Morgan fingerprint density at radius 2 is 1.70 bits per heavy atom. The summed E-state index contributed by atoms with van der Waals surface area (Å²) in [5, 5.41) is 6.11. The summed E-state index contributed by atoms with van der Waals surface area (Å²) < 4.78 is 1.12. The third kappa shape index (κ3) is 7.33. The quantitative estimate of drug-likeness (QED) is 0.466. The third-order valence-corrected chi connectivity index (χ3v) is 4.84. The largest absolute Gasteiger partial charge is 0.370 e. The molecular weight excluding hydrogens is 366 g/mol. The second-order valence-corrected chi connectivity index (χ2v) is 6.36. The molecule has 8 nitrogen and oxygen atoms in total. The van der Waals surface area contributed by atoms with Crippen LogP contribution in [0.4, 0.5) is 0 Å². The van der Waals surface area contributed by atoms with Gasteiger partial charge in [-0.15, -0.1) is 11.3 Å². The fourth-order valence-corrected chi connectivity index (χ4v) is 3.58. The van der Waals surface area contributed by atoms with Gasteiger partial charge in [0.25, 0.3) is 0 Å². The zero-order valence-corrected chi connectivity index (χ0v) is 17.0. The summed E-state index contributed by atoms with van der Waals surface area (Å²) in [4.78, 5) is 35.9. The van der Waals surface area contributed by atoms with Crippen molar-refractivity contribution in [3.8, 4) is 0 Å². The number of nitrogens with two attached hydrogens (primary N) is 3. The second kappa shape index (κ2) is 12.8. The maximum absolute atomic E-state index is 12.2. The maximum Gasteiger partial charge on any atom is 0.242 e. The summed E-state index contributed by atoms with van der Waals surface area (Å²) >= 11 is 1.55. The Bertz CT molecular complexity index is 761. The average Bonchev–Trinajstić information content (AvgIpc) is 2.99. The van der Waals surface area contributed by atoms with Gasteiger partial charge >= 0.3 is 0 Å². The van der Waals surface area contributed by atoms with Crippen LogP contribution in [0.5, 0.6) is 0 Å². The van der Waals surface area contributed by atoms with Crippen molar-refractivity contribution < 1.29 is 14.4 Å². The van der Waals surface area contributed by atoms with Crippen molar-refractivity contribution in [2.45, 2.75) is 25.8 Å². The smallest absolute Gasteiger partial charge is 0.242 e. The topological polar surface area (TPSA) is 153 Å². The van der Waals surface area contributed by atoms with Crippen LogP contribution in [0.2, 0.25) is 0 Å². The van der Waals surface area contributed by atoms with E-state index in [0.717, 1.165) is 20.5 Å². The van der Waals surface area contributed by atoms with E-state index in [1.54, 1.807) is 11.3 Å². The second-order valence-electron chi connectivity index (χ2n) is 5.23. The monoisotopic (exact) mass is 395 g/mol. The molecule has 8 N–H and O–H groups in total. The number of hydrogen-bond donors (Lipinski definition) is 5. The van der Waals surface area contributed by atoms with Gasteiger partial charge in [0.2, 0.25) is 17.7 Å². The maximum atomic E-state index is 12.2. The van der Waals surface area contributed by atoms with Crippen molar-refractivity contribution in [3.05, 3.63) is 34.7 Å². The zero-order valence-electron chi connectivity index (χ0n) is 16.2. The summed E-state index contributed by atoms with van der Waals surface area (Å²) in [6.07, 6.45) is -0.0613. The average molecular weight is 396 g/mol. The number of fused-ring (bicyclic) bond motifs is 1. The molecule has 1 aromatic heterocycles. The van der Waals surface area contributed by atoms with E-state index in [4.69, 9.17) is 5.73 Å². The molecule has 2 aromatic rings. The van der Waals surface area contributed by atoms with Gasteiger partial charge in [-0.05, 0) is 38.0 Å². The number of amides is 3. The third-order valence-electron chi connectivity index (χ3n) is 3.57. The lowest BCUT2D eigenvalue weighted by Crippen LogP contribution is -2.48. The number of rotatable bonds is 6. The Morgan fingerprint density at radius 1 is 1.11 bits per heavy atom. The van der Waals surface area contributed by atoms with Crippen LogP contribution in [0.3, 0.4) is 0 Å². The highest BCUT2D eigenvalue weighted by Gasteiger charge is 2.22. The van der Waals surface area contributed by atoms with Gasteiger partial charge in [0.05, 0.1) is 12.8 Å². The molecule has 1 heterocycles. The summed E-state index contributed by atoms with van der Waals surface area (Å²) in [6.45, 7) is 1.97. The minimum Gasteiger partial charge on any atom is -0.370 e. The molecular formula is C18H29N5O3S. The highest BCUT2D eigenvalue weighted by molar-refractivity contribution is 7.19. The van der Waals surface area contributed by atoms with Crippen molar-refractivity contribution in [1.29, 1.82) is 0 Å². The van der Waals surface area contributed by atoms with Crippen molar-refractivity contribution in [1.82, 2.24) is 10.6 Å². The summed E-state index contributed by atoms with van der Waals surface area (Å²) in [5.74, 6) is -1.39. The molecule has 0 unspecified atom stereocenters. The first-order valence-electron chi connectivity index (χ1n) is 8.34. The number of thiophene rings is 1. The lowest BCUT2D eigenvalue weighted by molar-refractivity contribution is -0.130. The molecule has 0 saturated carbocycles. The number of carbonyl (C=O) groups is 3. The van der Waals surface area contributed by atoms with Gasteiger partial charge in [0.1, 0.15) is 6.04 Å². The molecule has 2 rings (SSSR count). The van der Waals surface area contributed by atoms with Gasteiger partial charge in [0, 0.05) is 16.6 Å². The van der Waals surface area contributed by atoms with Gasteiger partial charge in [-0.2, -0.15) is 0 Å². The summed E-state index contributed by atoms with van der Waals surface area (Å²) in [7, 11) is 4.44. The standard InChI is InChI=1S/C16H19N3O3S.2CH5N/c1-9-10-5-3-4-6-12(10)23-13(9)8-15(21)19-11(7-14(17)20)16(22)18-2;2*1-2/h3-6,11H,7-8H2,1-2H3,(H2,17,20)(H,18,22)(H,19,21);2*2H2,1H3/t11-;;/m0../s1. The highest BCUT2D eigenvalue weighted by atomic mass is 32.1. The molecule has 150 valence electrons. The molecule has 0 fully saturated rings. The van der Waals surface area contributed by atoms with Gasteiger partial charge in [-0.3, -0.25) is 14.4 Å². The van der Waals surface area contributed by atoms with Crippen LogP contribution in [0.15, 0.2) is 24.3 Å². The minimum absolute atomic E-state index is 0.164. The van der Waals surface area contributed by atoms with Crippen LogP contribution in [0.1, 0.15) is 16.9 Å². The summed E-state index contributed by atoms with van der Waals surface area (Å²) in [5.41, 5.74) is 15.2. The molecule has 0 saturated heterocycles. The normalized spacial score (nSPS) is 10.6. The molecule has 0 bridgehead atoms. The number of hydrogen-bond acceptors (Lipinski definition) is 6. The molecule has 0 spiro atoms. The van der Waals surface area contributed by atoms with Crippen molar-refractivity contribution >= 4 is 39.1 Å². The Kier molecular flexibility index (Phi) is 11.6. The molecule has 1 aromatic carbocycles. The lowest BCUT2D eigenvalue weighted by atomic mass is 10.1. The molecule has 0 aliphatic carbocycles. The van der Waals surface area contributed by atoms with Crippen LogP contribution in [-0.2, 0) is 20.8 Å². The fraction of sp³-hybridized carbons (Fsp3) is 0.389. The Morgan fingerprint density at radius 3 is 2.22 bits per heavy atom. The zero-order chi connectivity index (χ0) is 21.0. The van der Waals surface area contributed by atoms with E-state index in [1.807, 2.05) is 31.2 Å². The van der Waals surface area contributed by atoms with E-state index in [9.17, 15) is 14.4 Å². The molecule has 3 amide bonds. The van der Waals surface area contributed by atoms with Gasteiger partial charge < -0.3 is 27.8 Å². The van der Waals surface area contributed by atoms with Gasteiger partial charge in [-0.25, -0.2) is 0 Å². The van der Waals surface area contributed by atoms with E-state index in [0.29, 0.717) is 0 Å². The van der Waals surface area contributed by atoms with Crippen LogP contribution in [0, 0.1) is 6.92 Å². The first kappa shape index (κ1) is 24.5. The number of likely N-dealkylation sites (N-methyl/N-ethyl adjacent to an activating group) is 1. The van der Waals surface area contributed by atoms with E-state index in [1.165, 1.54) is 21.1 Å². The molecule has 1 atom stereocenters. The SMILES string of the molecule is CN.CN.CNC(=O)[C@H](CC(N)=O)NC(=O)Cc1sc2ccccc2c1C.